The maximum Gasteiger partial charge on any atom is 0.340 e. The van der Waals surface area contributed by atoms with Gasteiger partial charge >= 0.3 is 5.97 Å². The van der Waals surface area contributed by atoms with E-state index >= 15 is 0 Å². The van der Waals surface area contributed by atoms with Crippen LogP contribution in [0.1, 0.15) is 27.3 Å². The average molecular weight is 259 g/mol. The van der Waals surface area contributed by atoms with Crippen LogP contribution in [-0.2, 0) is 4.74 Å². The van der Waals surface area contributed by atoms with Crippen molar-refractivity contribution in [2.24, 2.45) is 0 Å². The van der Waals surface area contributed by atoms with Crippen molar-refractivity contribution in [3.05, 3.63) is 40.7 Å². The number of benzene rings is 1. The molecule has 19 heavy (non-hydrogen) atoms. The topological polar surface area (TPSA) is 70.1 Å². The first kappa shape index (κ1) is 13.1. The second-order valence-corrected chi connectivity index (χ2v) is 4.55. The van der Waals surface area contributed by atoms with Crippen LogP contribution in [0.25, 0.3) is 5.69 Å². The molecule has 0 amide bonds. The zero-order chi connectivity index (χ0) is 14.2. The van der Waals surface area contributed by atoms with E-state index in [1.807, 2.05) is 32.9 Å². The van der Waals surface area contributed by atoms with E-state index in [2.05, 4.69) is 5.10 Å². The van der Waals surface area contributed by atoms with Crippen LogP contribution in [0.5, 0.6) is 0 Å². The predicted molar refractivity (Wildman–Crippen MR) is 73.5 cm³/mol. The molecule has 5 nitrogen and oxygen atoms in total. The maximum atomic E-state index is 11.7. The summed E-state index contributed by atoms with van der Waals surface area (Å²) < 4.78 is 6.54. The van der Waals surface area contributed by atoms with Gasteiger partial charge in [0.25, 0.3) is 0 Å². The summed E-state index contributed by atoms with van der Waals surface area (Å²) in [6.07, 6.45) is 0. The molecule has 0 bridgehead atoms. The van der Waals surface area contributed by atoms with Gasteiger partial charge in [0.15, 0.2) is 0 Å². The number of ether oxygens (including phenoxy) is 1. The highest BCUT2D eigenvalue weighted by Gasteiger charge is 2.15. The van der Waals surface area contributed by atoms with Crippen molar-refractivity contribution in [1.29, 1.82) is 0 Å². The van der Waals surface area contributed by atoms with E-state index in [0.717, 1.165) is 22.6 Å². The molecule has 2 rings (SSSR count). The lowest BCUT2D eigenvalue weighted by atomic mass is 10.1. The molecule has 1 aromatic carbocycles. The number of aryl methyl sites for hydroxylation is 3. The van der Waals surface area contributed by atoms with Crippen LogP contribution < -0.4 is 5.73 Å². The third-order valence-corrected chi connectivity index (χ3v) is 3.03. The number of nitrogens with zero attached hydrogens (tertiary/aromatic N) is 2. The van der Waals surface area contributed by atoms with Gasteiger partial charge in [0.1, 0.15) is 0 Å². The van der Waals surface area contributed by atoms with Crippen LogP contribution in [-0.4, -0.2) is 22.9 Å². The highest BCUT2D eigenvalue weighted by molar-refractivity contribution is 5.96. The minimum atomic E-state index is -0.441. The molecule has 0 atom stereocenters. The Hall–Kier alpha value is -2.30. The summed E-state index contributed by atoms with van der Waals surface area (Å²) in [6.45, 7) is 5.75. The molecule has 2 aromatic rings. The Labute approximate surface area is 112 Å². The summed E-state index contributed by atoms with van der Waals surface area (Å²) in [7, 11) is 1.34. The molecule has 0 saturated carbocycles. The highest BCUT2D eigenvalue weighted by atomic mass is 16.5. The Balaban J connectivity index is 2.63. The summed E-state index contributed by atoms with van der Waals surface area (Å²) >= 11 is 0. The fourth-order valence-corrected chi connectivity index (χ4v) is 2.07. The number of hydrogen-bond acceptors (Lipinski definition) is 4. The largest absolute Gasteiger partial charge is 0.465 e. The van der Waals surface area contributed by atoms with Crippen LogP contribution in [0.15, 0.2) is 18.2 Å². The summed E-state index contributed by atoms with van der Waals surface area (Å²) in [4.78, 5) is 11.7. The van der Waals surface area contributed by atoms with Crippen LogP contribution in [0, 0.1) is 20.8 Å². The standard InChI is InChI=1S/C14H17N3O2/c1-8-5-11(17-10(3)6-9(2)16-17)7-12(13(8)15)14(18)19-4/h5-7H,15H2,1-4H3. The first-order valence-electron chi connectivity index (χ1n) is 5.96. The van der Waals surface area contributed by atoms with Crippen molar-refractivity contribution in [1.82, 2.24) is 9.78 Å². The Morgan fingerprint density at radius 2 is 1.95 bits per heavy atom. The molecule has 0 saturated heterocycles. The Kier molecular flexibility index (Phi) is 3.29. The van der Waals surface area contributed by atoms with Crippen molar-refractivity contribution in [2.75, 3.05) is 12.8 Å². The van der Waals surface area contributed by atoms with Gasteiger partial charge in [0.2, 0.25) is 0 Å². The number of carbonyl (C=O) groups is 1. The Bertz CT molecular complexity index is 644. The van der Waals surface area contributed by atoms with Crippen molar-refractivity contribution >= 4 is 11.7 Å². The van der Waals surface area contributed by atoms with Crippen molar-refractivity contribution in [3.8, 4) is 5.69 Å². The van der Waals surface area contributed by atoms with Gasteiger partial charge in [-0.1, -0.05) is 0 Å². The monoisotopic (exact) mass is 259 g/mol. The number of hydrogen-bond donors (Lipinski definition) is 1. The fraction of sp³-hybridized carbons (Fsp3) is 0.286. The van der Waals surface area contributed by atoms with E-state index in [1.165, 1.54) is 7.11 Å². The van der Waals surface area contributed by atoms with Crippen molar-refractivity contribution in [2.45, 2.75) is 20.8 Å². The molecule has 0 aliphatic rings. The second-order valence-electron chi connectivity index (χ2n) is 4.55. The molecule has 0 aliphatic carbocycles. The fourth-order valence-electron chi connectivity index (χ4n) is 2.07. The lowest BCUT2D eigenvalue weighted by Crippen LogP contribution is -2.10. The lowest BCUT2D eigenvalue weighted by Gasteiger charge is -2.11. The molecular weight excluding hydrogens is 242 g/mol. The summed E-state index contributed by atoms with van der Waals surface area (Å²) in [5, 5.41) is 4.40. The molecule has 0 radical (unpaired) electrons. The number of nitrogen functional groups attached to an aromatic ring is 1. The first-order chi connectivity index (χ1) is 8.93. The molecule has 0 fully saturated rings. The minimum Gasteiger partial charge on any atom is -0.465 e. The quantitative estimate of drug-likeness (QED) is 0.662. The third-order valence-electron chi connectivity index (χ3n) is 3.03. The molecule has 0 spiro atoms. The van der Waals surface area contributed by atoms with E-state index in [1.54, 1.807) is 10.7 Å². The Morgan fingerprint density at radius 1 is 1.26 bits per heavy atom. The number of anilines is 1. The molecule has 1 heterocycles. The van der Waals surface area contributed by atoms with Crippen LogP contribution >= 0.6 is 0 Å². The van der Waals surface area contributed by atoms with Crippen LogP contribution in [0.2, 0.25) is 0 Å². The third kappa shape index (κ3) is 2.31. The SMILES string of the molecule is COC(=O)c1cc(-n2nc(C)cc2C)cc(C)c1N. The van der Waals surface area contributed by atoms with Gasteiger partial charge in [-0.2, -0.15) is 5.10 Å². The zero-order valence-electron chi connectivity index (χ0n) is 11.5. The second kappa shape index (κ2) is 4.76. The van der Waals surface area contributed by atoms with E-state index < -0.39 is 5.97 Å². The van der Waals surface area contributed by atoms with Crippen LogP contribution in [0.3, 0.4) is 0 Å². The van der Waals surface area contributed by atoms with Gasteiger partial charge in [-0.25, -0.2) is 9.48 Å². The maximum absolute atomic E-state index is 11.7. The Morgan fingerprint density at radius 3 is 2.47 bits per heavy atom. The van der Waals surface area contributed by atoms with Gasteiger partial charge < -0.3 is 10.5 Å². The van der Waals surface area contributed by atoms with E-state index in [4.69, 9.17) is 10.5 Å². The molecule has 0 unspecified atom stereocenters. The molecule has 100 valence electrons. The molecular formula is C14H17N3O2. The van der Waals surface area contributed by atoms with Gasteiger partial charge in [-0.15, -0.1) is 0 Å². The van der Waals surface area contributed by atoms with E-state index in [-0.39, 0.29) is 0 Å². The van der Waals surface area contributed by atoms with Gasteiger partial charge in [0.05, 0.1) is 24.1 Å². The van der Waals surface area contributed by atoms with E-state index in [9.17, 15) is 4.79 Å². The van der Waals surface area contributed by atoms with Crippen LogP contribution in [0.4, 0.5) is 5.69 Å². The summed E-state index contributed by atoms with van der Waals surface area (Å²) in [5.74, 6) is -0.441. The number of aromatic nitrogens is 2. The van der Waals surface area contributed by atoms with Gasteiger partial charge in [-0.05, 0) is 44.5 Å². The molecule has 0 aliphatic heterocycles. The number of methoxy groups -OCH3 is 1. The average Bonchev–Trinajstić information content (AvgIpc) is 2.70. The minimum absolute atomic E-state index is 0.366. The molecule has 5 heteroatoms. The number of rotatable bonds is 2. The molecule has 1 aromatic heterocycles. The van der Waals surface area contributed by atoms with Crippen molar-refractivity contribution in [3.63, 3.8) is 0 Å². The zero-order valence-corrected chi connectivity index (χ0v) is 11.5. The van der Waals surface area contributed by atoms with Gasteiger partial charge in [-0.3, -0.25) is 0 Å². The highest BCUT2D eigenvalue weighted by Crippen LogP contribution is 2.23. The number of carbonyl (C=O) groups excluding carboxylic acids is 1. The predicted octanol–water partition coefficient (Wildman–Crippen LogP) is 2.17. The normalized spacial score (nSPS) is 10.5. The van der Waals surface area contributed by atoms with Gasteiger partial charge in [0, 0.05) is 11.4 Å². The first-order valence-corrected chi connectivity index (χ1v) is 5.96. The molecule has 2 N–H and O–H groups in total. The lowest BCUT2D eigenvalue weighted by molar-refractivity contribution is 0.0602. The number of esters is 1. The number of nitrogens with two attached hydrogens (primary N) is 1. The van der Waals surface area contributed by atoms with E-state index in [0.29, 0.717) is 11.3 Å². The van der Waals surface area contributed by atoms with Crippen molar-refractivity contribution < 1.29 is 9.53 Å². The summed E-state index contributed by atoms with van der Waals surface area (Å²) in [5.41, 5.74) is 10.3. The smallest absolute Gasteiger partial charge is 0.340 e. The summed E-state index contributed by atoms with van der Waals surface area (Å²) in [6, 6.07) is 5.58.